The molecule has 1 rings (SSSR count). The number of unbranched alkanes of at least 4 members (excludes halogenated alkanes) is 30. The predicted molar refractivity (Wildman–Crippen MR) is 266 cm³/mol. The van der Waals surface area contributed by atoms with Crippen LogP contribution in [0.25, 0.3) is 0 Å². The van der Waals surface area contributed by atoms with E-state index in [1.165, 1.54) is 161 Å². The SMILES string of the molecule is CCCCCCCCCCCCCCC/C=C/CC/C=C/CCCC(O)C(O)C(COC1OC(CO)C(O)C(O)C1O)NC(=O)C(O)CCCCCCCCCCCCCCCCCC. The Bertz CT molecular complexity index is 1110. The molecular weight excluding hydrogens is 823 g/mol. The average molecular weight is 926 g/mol. The van der Waals surface area contributed by atoms with Gasteiger partial charge in [0.25, 0.3) is 0 Å². The Hall–Kier alpha value is -1.41. The summed E-state index contributed by atoms with van der Waals surface area (Å²) in [5.74, 6) is -0.707. The maximum Gasteiger partial charge on any atom is 0.249 e. The molecule has 1 amide bonds. The molecule has 384 valence electrons. The van der Waals surface area contributed by atoms with E-state index in [0.717, 1.165) is 38.5 Å². The normalized spacial score (nSPS) is 21.0. The van der Waals surface area contributed by atoms with Crippen molar-refractivity contribution in [3.05, 3.63) is 24.3 Å². The van der Waals surface area contributed by atoms with Crippen LogP contribution in [0.1, 0.15) is 245 Å². The van der Waals surface area contributed by atoms with Crippen molar-refractivity contribution in [3.8, 4) is 0 Å². The first-order valence-corrected chi connectivity index (χ1v) is 27.2. The molecule has 11 heteroatoms. The van der Waals surface area contributed by atoms with Gasteiger partial charge in [0.05, 0.1) is 25.4 Å². The molecule has 1 saturated heterocycles. The monoisotopic (exact) mass is 926 g/mol. The molecule has 0 bridgehead atoms. The zero-order valence-electron chi connectivity index (χ0n) is 41.7. The molecule has 0 aromatic heterocycles. The van der Waals surface area contributed by atoms with Crippen LogP contribution in [0.15, 0.2) is 24.3 Å². The van der Waals surface area contributed by atoms with Gasteiger partial charge >= 0.3 is 0 Å². The molecule has 65 heavy (non-hydrogen) atoms. The summed E-state index contributed by atoms with van der Waals surface area (Å²) in [6.07, 6.45) is 39.4. The van der Waals surface area contributed by atoms with E-state index < -0.39 is 74.2 Å². The minimum atomic E-state index is -1.67. The van der Waals surface area contributed by atoms with Gasteiger partial charge in [-0.2, -0.15) is 0 Å². The number of aliphatic hydroxyl groups excluding tert-OH is 7. The molecule has 11 nitrogen and oxygen atoms in total. The maximum absolute atomic E-state index is 13.1. The van der Waals surface area contributed by atoms with Gasteiger partial charge in [-0.1, -0.05) is 218 Å². The molecule has 0 saturated carbocycles. The van der Waals surface area contributed by atoms with E-state index in [-0.39, 0.29) is 12.8 Å². The molecule has 0 radical (unpaired) electrons. The van der Waals surface area contributed by atoms with Gasteiger partial charge < -0.3 is 50.5 Å². The summed E-state index contributed by atoms with van der Waals surface area (Å²) >= 11 is 0. The number of rotatable bonds is 46. The molecule has 1 aliphatic rings. The third-order valence-corrected chi connectivity index (χ3v) is 13.2. The summed E-state index contributed by atoms with van der Waals surface area (Å²) in [4.78, 5) is 13.1. The number of nitrogens with one attached hydrogen (secondary N) is 1. The molecule has 0 spiro atoms. The number of hydrogen-bond donors (Lipinski definition) is 8. The lowest BCUT2D eigenvalue weighted by atomic mass is 9.98. The van der Waals surface area contributed by atoms with Gasteiger partial charge in [0.2, 0.25) is 5.91 Å². The Morgan fingerprint density at radius 2 is 0.923 bits per heavy atom. The van der Waals surface area contributed by atoms with E-state index in [4.69, 9.17) is 9.47 Å². The van der Waals surface area contributed by atoms with Crippen LogP contribution in [0.4, 0.5) is 0 Å². The first kappa shape index (κ1) is 61.6. The number of ether oxygens (including phenoxy) is 2. The number of amides is 1. The van der Waals surface area contributed by atoms with Gasteiger partial charge in [0.15, 0.2) is 6.29 Å². The van der Waals surface area contributed by atoms with Crippen molar-refractivity contribution in [3.63, 3.8) is 0 Å². The molecular formula is C54H103NO10. The van der Waals surface area contributed by atoms with E-state index in [9.17, 15) is 40.5 Å². The van der Waals surface area contributed by atoms with Gasteiger partial charge in [-0.3, -0.25) is 4.79 Å². The fourth-order valence-electron chi connectivity index (χ4n) is 8.75. The highest BCUT2D eigenvalue weighted by atomic mass is 16.7. The van der Waals surface area contributed by atoms with Crippen molar-refractivity contribution in [2.24, 2.45) is 0 Å². The third kappa shape index (κ3) is 32.9. The fraction of sp³-hybridized carbons (Fsp3) is 0.907. The van der Waals surface area contributed by atoms with Crippen molar-refractivity contribution in [2.75, 3.05) is 13.2 Å². The van der Waals surface area contributed by atoms with E-state index in [1.807, 2.05) is 0 Å². The Kier molecular flexibility index (Phi) is 41.6. The largest absolute Gasteiger partial charge is 0.394 e. The number of carbonyl (C=O) groups is 1. The molecule has 8 N–H and O–H groups in total. The fourth-order valence-corrected chi connectivity index (χ4v) is 8.75. The van der Waals surface area contributed by atoms with E-state index >= 15 is 0 Å². The molecule has 0 aliphatic carbocycles. The van der Waals surface area contributed by atoms with Crippen LogP contribution in [0.5, 0.6) is 0 Å². The number of carbonyl (C=O) groups excluding carboxylic acids is 1. The second-order valence-electron chi connectivity index (χ2n) is 19.3. The van der Waals surface area contributed by atoms with Gasteiger partial charge in [-0.05, 0) is 51.4 Å². The molecule has 0 aromatic rings. The van der Waals surface area contributed by atoms with Crippen LogP contribution < -0.4 is 5.32 Å². The molecule has 1 fully saturated rings. The standard InChI is InChI=1S/C54H103NO10/c1-3-5-7-9-11-13-15-17-19-21-22-23-24-25-26-28-29-31-33-35-37-39-41-46(57)49(59)45(44-64-54-52(62)51(61)50(60)48(43-56)65-54)55-53(63)47(58)42-40-38-36-34-32-30-27-20-18-16-14-12-10-8-6-4-2/h26,28,33,35,45-52,54,56-62H,3-25,27,29-32,34,36-44H2,1-2H3,(H,55,63)/b28-26+,35-33+. The minimum absolute atomic E-state index is 0.249. The van der Waals surface area contributed by atoms with Crippen LogP contribution >= 0.6 is 0 Å². The lowest BCUT2D eigenvalue weighted by Gasteiger charge is -2.40. The van der Waals surface area contributed by atoms with Crippen LogP contribution in [-0.2, 0) is 14.3 Å². The predicted octanol–water partition coefficient (Wildman–Crippen LogP) is 10.6. The van der Waals surface area contributed by atoms with Gasteiger partial charge in [0.1, 0.15) is 36.6 Å². The Balaban J connectivity index is 2.38. The maximum atomic E-state index is 13.1. The molecule has 9 unspecified atom stereocenters. The lowest BCUT2D eigenvalue weighted by molar-refractivity contribution is -0.303. The molecule has 9 atom stereocenters. The quantitative estimate of drug-likeness (QED) is 0.0216. The van der Waals surface area contributed by atoms with Gasteiger partial charge in [-0.15, -0.1) is 0 Å². The third-order valence-electron chi connectivity index (χ3n) is 13.2. The molecule has 1 heterocycles. The molecule has 0 aromatic carbocycles. The Morgan fingerprint density at radius 3 is 1.37 bits per heavy atom. The van der Waals surface area contributed by atoms with Crippen molar-refractivity contribution in [2.45, 2.75) is 300 Å². The zero-order chi connectivity index (χ0) is 47.6. The number of allylic oxidation sites excluding steroid dienone is 4. The highest BCUT2D eigenvalue weighted by molar-refractivity contribution is 5.80. The van der Waals surface area contributed by atoms with Gasteiger partial charge in [-0.25, -0.2) is 0 Å². The van der Waals surface area contributed by atoms with Crippen molar-refractivity contribution < 1.29 is 50.0 Å². The van der Waals surface area contributed by atoms with Crippen LogP contribution in [-0.4, -0.2) is 110 Å². The van der Waals surface area contributed by atoms with Crippen molar-refractivity contribution >= 4 is 5.91 Å². The van der Waals surface area contributed by atoms with E-state index in [1.54, 1.807) is 0 Å². The Morgan fingerprint density at radius 1 is 0.523 bits per heavy atom. The summed E-state index contributed by atoms with van der Waals surface area (Å²) in [6, 6.07) is -1.19. The number of hydrogen-bond acceptors (Lipinski definition) is 10. The Labute approximate surface area is 397 Å². The van der Waals surface area contributed by atoms with Crippen LogP contribution in [0.3, 0.4) is 0 Å². The first-order chi connectivity index (χ1) is 31.7. The highest BCUT2D eigenvalue weighted by Crippen LogP contribution is 2.23. The van der Waals surface area contributed by atoms with Crippen LogP contribution in [0, 0.1) is 0 Å². The highest BCUT2D eigenvalue weighted by Gasteiger charge is 2.44. The molecule has 1 aliphatic heterocycles. The first-order valence-electron chi connectivity index (χ1n) is 27.2. The second-order valence-corrected chi connectivity index (χ2v) is 19.3. The smallest absolute Gasteiger partial charge is 0.249 e. The average Bonchev–Trinajstić information content (AvgIpc) is 3.31. The minimum Gasteiger partial charge on any atom is -0.394 e. The van der Waals surface area contributed by atoms with Gasteiger partial charge in [0, 0.05) is 0 Å². The summed E-state index contributed by atoms with van der Waals surface area (Å²) in [5, 5.41) is 75.9. The van der Waals surface area contributed by atoms with Crippen LogP contribution in [0.2, 0.25) is 0 Å². The summed E-state index contributed by atoms with van der Waals surface area (Å²) in [5.41, 5.74) is 0. The topological polar surface area (TPSA) is 189 Å². The second kappa shape index (κ2) is 43.8. The van der Waals surface area contributed by atoms with E-state index in [0.29, 0.717) is 19.3 Å². The van der Waals surface area contributed by atoms with E-state index in [2.05, 4.69) is 43.5 Å². The summed E-state index contributed by atoms with van der Waals surface area (Å²) < 4.78 is 11.1. The lowest BCUT2D eigenvalue weighted by Crippen LogP contribution is -2.60. The zero-order valence-corrected chi connectivity index (χ0v) is 41.7. The number of aliphatic hydroxyl groups is 7. The summed E-state index contributed by atoms with van der Waals surface area (Å²) in [6.45, 7) is 3.45. The van der Waals surface area contributed by atoms with Crippen molar-refractivity contribution in [1.82, 2.24) is 5.32 Å². The summed E-state index contributed by atoms with van der Waals surface area (Å²) in [7, 11) is 0. The van der Waals surface area contributed by atoms with Crippen molar-refractivity contribution in [1.29, 1.82) is 0 Å².